The number of aromatic nitrogens is 5. The van der Waals surface area contributed by atoms with Crippen LogP contribution in [-0.2, 0) is 7.05 Å². The van der Waals surface area contributed by atoms with Crippen LogP contribution in [0.25, 0.3) is 11.3 Å². The molecule has 2 unspecified atom stereocenters. The first-order chi connectivity index (χ1) is 19.7. The van der Waals surface area contributed by atoms with Crippen molar-refractivity contribution in [2.45, 2.75) is 52.1 Å². The summed E-state index contributed by atoms with van der Waals surface area (Å²) in [5.41, 5.74) is 5.83. The number of alkyl halides is 2. The summed E-state index contributed by atoms with van der Waals surface area (Å²) < 4.78 is 31.4. The third kappa shape index (κ3) is 6.83. The Labute approximate surface area is 258 Å². The van der Waals surface area contributed by atoms with Crippen LogP contribution in [-0.4, -0.2) is 43.6 Å². The van der Waals surface area contributed by atoms with Gasteiger partial charge in [-0.15, -0.1) is 11.8 Å². The Morgan fingerprint density at radius 1 is 1.02 bits per heavy atom. The third-order valence-electron chi connectivity index (χ3n) is 6.11. The SMILES string of the molecule is CC.CSc1cc(-c2nn(C)cc2C)ccc1Nc1cc(Nc2cc(C)nc(C)n2)nc2c1NC(C(F)F)N2PI. The molecule has 2 atom stereocenters. The van der Waals surface area contributed by atoms with Gasteiger partial charge in [-0.1, -0.05) is 19.9 Å². The number of benzene rings is 1. The zero-order chi connectivity index (χ0) is 29.8. The molecule has 0 aliphatic carbocycles. The summed E-state index contributed by atoms with van der Waals surface area (Å²) in [5, 5.41) is 14.3. The van der Waals surface area contributed by atoms with Crippen LogP contribution in [0, 0.1) is 20.8 Å². The molecule has 1 aliphatic heterocycles. The van der Waals surface area contributed by atoms with Crippen LogP contribution in [0.3, 0.4) is 0 Å². The molecule has 3 aromatic heterocycles. The number of hydrogen-bond acceptors (Lipinski definition) is 9. The van der Waals surface area contributed by atoms with Crippen LogP contribution in [0.5, 0.6) is 0 Å². The molecular weight excluding hydrogens is 678 g/mol. The van der Waals surface area contributed by atoms with Crippen LogP contribution in [0.2, 0.25) is 0 Å². The number of nitrogens with zero attached hydrogens (tertiary/aromatic N) is 6. The summed E-state index contributed by atoms with van der Waals surface area (Å²) in [7, 11) is 1.90. The van der Waals surface area contributed by atoms with Crippen LogP contribution in [0.15, 0.2) is 41.4 Å². The lowest BCUT2D eigenvalue weighted by Gasteiger charge is -2.22. The van der Waals surface area contributed by atoms with E-state index < -0.39 is 12.6 Å². The number of aryl methyl sites for hydroxylation is 4. The fourth-order valence-corrected chi connectivity index (χ4v) is 7.21. The number of halogens is 3. The summed E-state index contributed by atoms with van der Waals surface area (Å²) in [5.74, 6) is 2.14. The molecule has 0 spiro atoms. The summed E-state index contributed by atoms with van der Waals surface area (Å²) >= 11 is 3.70. The smallest absolute Gasteiger partial charge is 0.277 e. The van der Waals surface area contributed by atoms with Crippen molar-refractivity contribution >= 4 is 74.7 Å². The maximum atomic E-state index is 14.0. The highest BCUT2D eigenvalue weighted by Crippen LogP contribution is 2.49. The number of fused-ring (bicyclic) bond motifs is 1. The van der Waals surface area contributed by atoms with Crippen LogP contribution in [0.1, 0.15) is 30.9 Å². The zero-order valence-corrected chi connectivity index (χ0v) is 27.8. The normalized spacial score (nSPS) is 14.2. The molecule has 0 bridgehead atoms. The van der Waals surface area contributed by atoms with Crippen molar-refractivity contribution in [1.82, 2.24) is 24.7 Å². The van der Waals surface area contributed by atoms with Gasteiger partial charge < -0.3 is 20.6 Å². The molecule has 1 aliphatic rings. The molecule has 4 aromatic rings. The topological polar surface area (TPSA) is 95.8 Å². The van der Waals surface area contributed by atoms with Crippen LogP contribution in [0.4, 0.5) is 43.3 Å². The Balaban J connectivity index is 0.00000189. The molecule has 41 heavy (non-hydrogen) atoms. The fourth-order valence-electron chi connectivity index (χ4n) is 4.51. The molecule has 0 amide bonds. The van der Waals surface area contributed by atoms with Gasteiger partial charge in [0, 0.05) is 47.9 Å². The van der Waals surface area contributed by atoms with Crippen molar-refractivity contribution in [3.63, 3.8) is 0 Å². The van der Waals surface area contributed by atoms with Crippen molar-refractivity contribution in [2.24, 2.45) is 7.05 Å². The fraction of sp³-hybridized carbons (Fsp3) is 0.333. The van der Waals surface area contributed by atoms with E-state index in [0.717, 1.165) is 33.1 Å². The van der Waals surface area contributed by atoms with Gasteiger partial charge in [-0.25, -0.2) is 23.7 Å². The number of thioether (sulfide) groups is 1. The Hall–Kier alpha value is -2.77. The summed E-state index contributed by atoms with van der Waals surface area (Å²) in [6, 6.07) is 9.71. The molecule has 0 saturated heterocycles. The quantitative estimate of drug-likeness (QED) is 0.0950. The first-order valence-corrected chi connectivity index (χ1v) is 18.3. The molecule has 0 saturated carbocycles. The monoisotopic (exact) mass is 711 g/mol. The molecule has 0 fully saturated rings. The minimum Gasteiger partial charge on any atom is -0.356 e. The Morgan fingerprint density at radius 2 is 1.76 bits per heavy atom. The van der Waals surface area contributed by atoms with Gasteiger partial charge in [-0.3, -0.25) is 4.68 Å². The van der Waals surface area contributed by atoms with Gasteiger partial charge in [0.05, 0.1) is 17.1 Å². The first-order valence-electron chi connectivity index (χ1n) is 13.0. The lowest BCUT2D eigenvalue weighted by Crippen LogP contribution is -2.35. The Morgan fingerprint density at radius 3 is 2.37 bits per heavy atom. The maximum Gasteiger partial charge on any atom is 0.277 e. The number of hydrogen-bond donors (Lipinski definition) is 3. The predicted octanol–water partition coefficient (Wildman–Crippen LogP) is 8.20. The lowest BCUT2D eigenvalue weighted by molar-refractivity contribution is 0.130. The number of pyridine rings is 1. The van der Waals surface area contributed by atoms with E-state index in [9.17, 15) is 8.78 Å². The largest absolute Gasteiger partial charge is 0.356 e. The van der Waals surface area contributed by atoms with Crippen molar-refractivity contribution in [1.29, 1.82) is 0 Å². The van der Waals surface area contributed by atoms with Gasteiger partial charge >= 0.3 is 0 Å². The van der Waals surface area contributed by atoms with E-state index in [2.05, 4.69) is 59.1 Å². The predicted molar refractivity (Wildman–Crippen MR) is 177 cm³/mol. The van der Waals surface area contributed by atoms with Gasteiger partial charge in [-0.05, 0) is 66.8 Å². The molecule has 218 valence electrons. The highest BCUT2D eigenvalue weighted by atomic mass is 127. The van der Waals surface area contributed by atoms with Crippen molar-refractivity contribution < 1.29 is 8.78 Å². The standard InChI is InChI=1S/C25H27F2IN9PS.C2H6/c1-12-11-36(4)35-21(12)15-6-7-16(18(9-15)39-5)31-17-10-20(32-19-8-13(2)29-14(3)30-19)33-24-22(17)34-25(23(26)27)37(24)38-28;1-2/h6-11,23,25,34,38H,1-5H3,(H2,29,30,31,32,33);1-2H3. The van der Waals surface area contributed by atoms with Crippen molar-refractivity contribution in [3.05, 3.63) is 53.6 Å². The van der Waals surface area contributed by atoms with Crippen LogP contribution >= 0.6 is 40.2 Å². The van der Waals surface area contributed by atoms with E-state index in [0.29, 0.717) is 34.7 Å². The first kappa shape index (κ1) is 31.2. The third-order valence-corrected chi connectivity index (χ3v) is 9.12. The Kier molecular flexibility index (Phi) is 10.2. The summed E-state index contributed by atoms with van der Waals surface area (Å²) in [4.78, 5) is 14.5. The second-order valence-corrected chi connectivity index (χ2v) is 12.0. The average molecular weight is 712 g/mol. The molecule has 9 nitrogen and oxygen atoms in total. The van der Waals surface area contributed by atoms with Gasteiger partial charge in [-0.2, -0.15) is 5.10 Å². The van der Waals surface area contributed by atoms with E-state index in [1.807, 2.05) is 78.4 Å². The minimum atomic E-state index is -2.60. The Bertz CT molecular complexity index is 1510. The molecule has 3 N–H and O–H groups in total. The second-order valence-electron chi connectivity index (χ2n) is 9.07. The minimum absolute atomic E-state index is 0.0608. The molecule has 4 heterocycles. The summed E-state index contributed by atoms with van der Waals surface area (Å²) in [6.07, 6.45) is 0.284. The van der Waals surface area contributed by atoms with E-state index >= 15 is 0 Å². The zero-order valence-electron chi connectivity index (χ0n) is 23.8. The number of nitrogens with one attached hydrogen (secondary N) is 3. The average Bonchev–Trinajstić information content (AvgIpc) is 3.48. The van der Waals surface area contributed by atoms with E-state index in [1.165, 1.54) is 0 Å². The van der Waals surface area contributed by atoms with E-state index in [4.69, 9.17) is 4.98 Å². The summed E-state index contributed by atoms with van der Waals surface area (Å²) in [6.45, 7) is 9.74. The van der Waals surface area contributed by atoms with Gasteiger partial charge in [0.25, 0.3) is 6.43 Å². The van der Waals surface area contributed by atoms with E-state index in [-0.39, 0.29) is 6.37 Å². The van der Waals surface area contributed by atoms with Crippen molar-refractivity contribution in [3.8, 4) is 11.3 Å². The molecule has 1 aromatic carbocycles. The maximum absolute atomic E-state index is 14.0. The van der Waals surface area contributed by atoms with Crippen molar-refractivity contribution in [2.75, 3.05) is 26.9 Å². The van der Waals surface area contributed by atoms with Gasteiger partial charge in [0.1, 0.15) is 23.1 Å². The number of rotatable bonds is 8. The lowest BCUT2D eigenvalue weighted by atomic mass is 10.1. The molecule has 14 heteroatoms. The molecule has 0 radical (unpaired) electrons. The second kappa shape index (κ2) is 13.5. The van der Waals surface area contributed by atoms with E-state index in [1.54, 1.807) is 21.1 Å². The molecular formula is C27H33F2IN9PS. The van der Waals surface area contributed by atoms with Gasteiger partial charge in [0.2, 0.25) is 0 Å². The molecule has 5 rings (SSSR count). The van der Waals surface area contributed by atoms with Crippen LogP contribution < -0.4 is 20.6 Å². The number of anilines is 6. The van der Waals surface area contributed by atoms with Gasteiger partial charge in [0.15, 0.2) is 12.0 Å². The highest BCUT2D eigenvalue weighted by Gasteiger charge is 2.38. The highest BCUT2D eigenvalue weighted by molar-refractivity contribution is 14.2.